The summed E-state index contributed by atoms with van der Waals surface area (Å²) in [5.74, 6) is 0.784. The van der Waals surface area contributed by atoms with E-state index in [1.54, 1.807) is 0 Å². The van der Waals surface area contributed by atoms with Crippen molar-refractivity contribution < 1.29 is 0 Å². The Bertz CT molecular complexity index is 344. The topological polar surface area (TPSA) is 12.0 Å². The summed E-state index contributed by atoms with van der Waals surface area (Å²) < 4.78 is 0. The average molecular weight is 238 g/mol. The summed E-state index contributed by atoms with van der Waals surface area (Å²) in [6.07, 6.45) is 3.81. The Kier molecular flexibility index (Phi) is 3.88. The molecule has 0 saturated carbocycles. The van der Waals surface area contributed by atoms with E-state index in [9.17, 15) is 0 Å². The first-order valence-corrected chi connectivity index (χ1v) is 6.51. The predicted molar refractivity (Wildman–Crippen MR) is 70.2 cm³/mol. The average Bonchev–Trinajstić information content (AvgIpc) is 2.27. The fourth-order valence-corrected chi connectivity index (χ4v) is 2.73. The van der Waals surface area contributed by atoms with E-state index in [0.717, 1.165) is 23.9 Å². The van der Waals surface area contributed by atoms with Crippen molar-refractivity contribution in [1.82, 2.24) is 5.32 Å². The second kappa shape index (κ2) is 5.20. The molecule has 1 nitrogen and oxygen atoms in total. The van der Waals surface area contributed by atoms with Gasteiger partial charge in [-0.15, -0.1) is 0 Å². The van der Waals surface area contributed by atoms with Crippen LogP contribution in [0.2, 0.25) is 5.02 Å². The lowest BCUT2D eigenvalue weighted by Gasteiger charge is -2.23. The number of rotatable bonds is 2. The Morgan fingerprint density at radius 3 is 2.81 bits per heavy atom. The van der Waals surface area contributed by atoms with Crippen LogP contribution in [0.25, 0.3) is 0 Å². The quantitative estimate of drug-likeness (QED) is 0.830. The minimum atomic E-state index is 0.784. The van der Waals surface area contributed by atoms with Crippen LogP contribution in [0.1, 0.15) is 29.5 Å². The molecule has 1 aliphatic rings. The van der Waals surface area contributed by atoms with Crippen molar-refractivity contribution in [2.75, 3.05) is 13.1 Å². The number of benzene rings is 1. The normalized spacial score (nSPS) is 21.1. The van der Waals surface area contributed by atoms with Crippen molar-refractivity contribution in [1.29, 1.82) is 0 Å². The Morgan fingerprint density at radius 2 is 2.19 bits per heavy atom. The Morgan fingerprint density at radius 1 is 1.38 bits per heavy atom. The van der Waals surface area contributed by atoms with Gasteiger partial charge in [0.1, 0.15) is 0 Å². The van der Waals surface area contributed by atoms with Gasteiger partial charge in [0.05, 0.1) is 0 Å². The zero-order valence-electron chi connectivity index (χ0n) is 10.1. The molecule has 1 N–H and O–H groups in total. The number of aryl methyl sites for hydroxylation is 1. The van der Waals surface area contributed by atoms with Crippen LogP contribution in [-0.2, 0) is 6.42 Å². The van der Waals surface area contributed by atoms with Crippen molar-refractivity contribution in [3.05, 3.63) is 33.8 Å². The highest BCUT2D eigenvalue weighted by molar-refractivity contribution is 6.31. The molecule has 88 valence electrons. The summed E-state index contributed by atoms with van der Waals surface area (Å²) in [6.45, 7) is 6.57. The standard InChI is InChI=1S/C14H20ClN/c1-10-6-13(8-14(15)11(10)2)7-12-4-3-5-16-9-12/h6,8,12,16H,3-5,7,9H2,1-2H3. The van der Waals surface area contributed by atoms with Gasteiger partial charge in [-0.1, -0.05) is 17.7 Å². The first-order valence-electron chi connectivity index (χ1n) is 6.13. The SMILES string of the molecule is Cc1cc(CC2CCCNC2)cc(Cl)c1C. The third-order valence-electron chi connectivity index (χ3n) is 3.59. The lowest BCUT2D eigenvalue weighted by Crippen LogP contribution is -2.30. The van der Waals surface area contributed by atoms with Crippen molar-refractivity contribution in [3.63, 3.8) is 0 Å². The monoisotopic (exact) mass is 237 g/mol. The number of hydrogen-bond acceptors (Lipinski definition) is 1. The molecule has 0 spiro atoms. The van der Waals surface area contributed by atoms with Gasteiger partial charge in [0.2, 0.25) is 0 Å². The van der Waals surface area contributed by atoms with Gasteiger partial charge >= 0.3 is 0 Å². The summed E-state index contributed by atoms with van der Waals surface area (Å²) in [6, 6.07) is 4.42. The number of piperidine rings is 1. The van der Waals surface area contributed by atoms with Gasteiger partial charge in [0, 0.05) is 5.02 Å². The van der Waals surface area contributed by atoms with Crippen molar-refractivity contribution >= 4 is 11.6 Å². The first kappa shape index (κ1) is 11.9. The number of halogens is 1. The second-order valence-electron chi connectivity index (χ2n) is 4.94. The molecule has 1 saturated heterocycles. The van der Waals surface area contributed by atoms with Crippen LogP contribution in [0.15, 0.2) is 12.1 Å². The van der Waals surface area contributed by atoms with E-state index >= 15 is 0 Å². The fraction of sp³-hybridized carbons (Fsp3) is 0.571. The van der Waals surface area contributed by atoms with Crippen LogP contribution in [0.3, 0.4) is 0 Å². The highest BCUT2D eigenvalue weighted by Gasteiger charge is 2.14. The summed E-state index contributed by atoms with van der Waals surface area (Å²) >= 11 is 6.22. The van der Waals surface area contributed by atoms with E-state index in [0.29, 0.717) is 0 Å². The van der Waals surface area contributed by atoms with E-state index in [4.69, 9.17) is 11.6 Å². The molecule has 16 heavy (non-hydrogen) atoms. The number of hydrogen-bond donors (Lipinski definition) is 1. The van der Waals surface area contributed by atoms with Gasteiger partial charge in [-0.3, -0.25) is 0 Å². The number of nitrogens with one attached hydrogen (secondary N) is 1. The minimum absolute atomic E-state index is 0.784. The second-order valence-corrected chi connectivity index (χ2v) is 5.34. The molecule has 1 atom stereocenters. The van der Waals surface area contributed by atoms with E-state index in [2.05, 4.69) is 31.3 Å². The highest BCUT2D eigenvalue weighted by Crippen LogP contribution is 2.24. The van der Waals surface area contributed by atoms with Crippen LogP contribution < -0.4 is 5.32 Å². The molecule has 0 bridgehead atoms. The molecular weight excluding hydrogens is 218 g/mol. The van der Waals surface area contributed by atoms with E-state index in [-0.39, 0.29) is 0 Å². The maximum atomic E-state index is 6.22. The van der Waals surface area contributed by atoms with E-state index in [1.807, 2.05) is 0 Å². The van der Waals surface area contributed by atoms with Gasteiger partial charge in [-0.25, -0.2) is 0 Å². The molecule has 0 aromatic heterocycles. The summed E-state index contributed by atoms with van der Waals surface area (Å²) in [5.41, 5.74) is 3.92. The Balaban J connectivity index is 2.09. The van der Waals surface area contributed by atoms with E-state index in [1.165, 1.54) is 36.1 Å². The van der Waals surface area contributed by atoms with Crippen LogP contribution >= 0.6 is 11.6 Å². The van der Waals surface area contributed by atoms with Gasteiger partial charge in [-0.05, 0) is 74.9 Å². The summed E-state index contributed by atoms with van der Waals surface area (Å²) in [5, 5.41) is 4.38. The van der Waals surface area contributed by atoms with Crippen LogP contribution in [0, 0.1) is 19.8 Å². The first-order chi connectivity index (χ1) is 7.66. The molecule has 0 radical (unpaired) electrons. The fourth-order valence-electron chi connectivity index (χ4n) is 2.44. The third kappa shape index (κ3) is 2.78. The predicted octanol–water partition coefficient (Wildman–Crippen LogP) is 3.50. The van der Waals surface area contributed by atoms with Crippen molar-refractivity contribution in [3.8, 4) is 0 Å². The molecular formula is C14H20ClN. The van der Waals surface area contributed by atoms with E-state index < -0.39 is 0 Å². The summed E-state index contributed by atoms with van der Waals surface area (Å²) in [4.78, 5) is 0. The molecule has 1 aliphatic heterocycles. The van der Waals surface area contributed by atoms with Crippen LogP contribution in [-0.4, -0.2) is 13.1 Å². The van der Waals surface area contributed by atoms with Gasteiger partial charge in [0.15, 0.2) is 0 Å². The van der Waals surface area contributed by atoms with Crippen LogP contribution in [0.5, 0.6) is 0 Å². The zero-order chi connectivity index (χ0) is 11.5. The Hall–Kier alpha value is -0.530. The highest BCUT2D eigenvalue weighted by atomic mass is 35.5. The van der Waals surface area contributed by atoms with Crippen molar-refractivity contribution in [2.24, 2.45) is 5.92 Å². The van der Waals surface area contributed by atoms with Crippen molar-refractivity contribution in [2.45, 2.75) is 33.1 Å². The van der Waals surface area contributed by atoms with Gasteiger partial charge in [0.25, 0.3) is 0 Å². The molecule has 1 aromatic carbocycles. The zero-order valence-corrected chi connectivity index (χ0v) is 10.9. The molecule has 1 unspecified atom stereocenters. The maximum absolute atomic E-state index is 6.22. The third-order valence-corrected chi connectivity index (χ3v) is 3.98. The lowest BCUT2D eigenvalue weighted by atomic mass is 9.91. The van der Waals surface area contributed by atoms with Gasteiger partial charge in [-0.2, -0.15) is 0 Å². The molecule has 0 amide bonds. The molecule has 2 rings (SSSR count). The van der Waals surface area contributed by atoms with Gasteiger partial charge < -0.3 is 5.32 Å². The molecule has 0 aliphatic carbocycles. The molecule has 1 heterocycles. The molecule has 1 aromatic rings. The maximum Gasteiger partial charge on any atom is 0.0440 e. The smallest absolute Gasteiger partial charge is 0.0440 e. The summed E-state index contributed by atoms with van der Waals surface area (Å²) in [7, 11) is 0. The minimum Gasteiger partial charge on any atom is -0.316 e. The molecule has 2 heteroatoms. The molecule has 1 fully saturated rings. The van der Waals surface area contributed by atoms with Crippen LogP contribution in [0.4, 0.5) is 0 Å². The lowest BCUT2D eigenvalue weighted by molar-refractivity contribution is 0.376. The largest absolute Gasteiger partial charge is 0.316 e. The Labute approximate surface area is 103 Å².